The van der Waals surface area contributed by atoms with Crippen molar-refractivity contribution in [2.24, 2.45) is 0 Å². The van der Waals surface area contributed by atoms with E-state index in [1.54, 1.807) is 6.26 Å². The molecule has 3 rings (SSSR count). The minimum absolute atomic E-state index is 0.612. The van der Waals surface area contributed by atoms with Gasteiger partial charge < -0.3 is 14.3 Å². The highest BCUT2D eigenvalue weighted by atomic mass is 16.5. The number of nitrogens with one attached hydrogen (secondary N) is 1. The number of rotatable bonds is 5. The van der Waals surface area contributed by atoms with Crippen molar-refractivity contribution in [2.75, 3.05) is 20.1 Å². The second kappa shape index (κ2) is 5.59. The fourth-order valence-electron chi connectivity index (χ4n) is 2.55. The fraction of sp³-hybridized carbons (Fsp3) is 0.500. The molecule has 1 aliphatic heterocycles. The summed E-state index contributed by atoms with van der Waals surface area (Å²) in [5, 5.41) is 7.59. The van der Waals surface area contributed by atoms with Gasteiger partial charge in [-0.15, -0.1) is 0 Å². The number of furan rings is 1. The Balaban J connectivity index is 1.57. The first-order valence-electron chi connectivity index (χ1n) is 6.72. The molecule has 0 amide bonds. The van der Waals surface area contributed by atoms with Gasteiger partial charge in [0, 0.05) is 25.2 Å². The molecule has 5 heteroatoms. The fourth-order valence-corrected chi connectivity index (χ4v) is 2.55. The van der Waals surface area contributed by atoms with Gasteiger partial charge in [0.25, 0.3) is 0 Å². The predicted octanol–water partition coefficient (Wildman–Crippen LogP) is 2.12. The summed E-state index contributed by atoms with van der Waals surface area (Å²) in [5.74, 6) is 1.41. The normalized spacial score (nSPS) is 19.4. The topological polar surface area (TPSA) is 54.4 Å². The van der Waals surface area contributed by atoms with Crippen LogP contribution in [0.5, 0.6) is 0 Å². The Hall–Kier alpha value is -1.59. The summed E-state index contributed by atoms with van der Waals surface area (Å²) in [6.07, 6.45) is 4.18. The average Bonchev–Trinajstić information content (AvgIpc) is 3.09. The van der Waals surface area contributed by atoms with Crippen molar-refractivity contribution in [1.82, 2.24) is 15.4 Å². The zero-order valence-electron chi connectivity index (χ0n) is 11.1. The maximum atomic E-state index is 5.29. The van der Waals surface area contributed by atoms with E-state index in [9.17, 15) is 0 Å². The Labute approximate surface area is 112 Å². The molecule has 1 saturated heterocycles. The van der Waals surface area contributed by atoms with Gasteiger partial charge in [0.1, 0.15) is 0 Å². The van der Waals surface area contributed by atoms with E-state index in [0.717, 1.165) is 31.1 Å². The third-order valence-electron chi connectivity index (χ3n) is 3.45. The molecule has 3 heterocycles. The predicted molar refractivity (Wildman–Crippen MR) is 71.6 cm³/mol. The van der Waals surface area contributed by atoms with E-state index >= 15 is 0 Å². The van der Waals surface area contributed by atoms with E-state index in [2.05, 4.69) is 22.4 Å². The standard InChI is InChI=1S/C14H19N3O2/c1-17(9-11-4-2-6-15-11)10-12-8-14(19-16-12)13-5-3-7-18-13/h3,5,7-8,11,15H,2,4,6,9-10H2,1H3. The van der Waals surface area contributed by atoms with Gasteiger partial charge in [0.05, 0.1) is 12.0 Å². The molecule has 0 saturated carbocycles. The summed E-state index contributed by atoms with van der Waals surface area (Å²) in [4.78, 5) is 2.27. The van der Waals surface area contributed by atoms with Crippen molar-refractivity contribution in [2.45, 2.75) is 25.4 Å². The summed E-state index contributed by atoms with van der Waals surface area (Å²) in [7, 11) is 2.11. The minimum atomic E-state index is 0.612. The van der Waals surface area contributed by atoms with Crippen molar-refractivity contribution in [3.8, 4) is 11.5 Å². The molecule has 1 aliphatic rings. The minimum Gasteiger partial charge on any atom is -0.461 e. The zero-order valence-corrected chi connectivity index (χ0v) is 11.1. The monoisotopic (exact) mass is 261 g/mol. The second-order valence-electron chi connectivity index (χ2n) is 5.15. The smallest absolute Gasteiger partial charge is 0.202 e. The van der Waals surface area contributed by atoms with Gasteiger partial charge in [0.2, 0.25) is 5.76 Å². The lowest BCUT2D eigenvalue weighted by Crippen LogP contribution is -2.34. The molecule has 2 aromatic heterocycles. The Kier molecular flexibility index (Phi) is 3.66. The first-order valence-corrected chi connectivity index (χ1v) is 6.72. The quantitative estimate of drug-likeness (QED) is 0.893. The molecule has 5 nitrogen and oxygen atoms in total. The highest BCUT2D eigenvalue weighted by Gasteiger charge is 2.17. The van der Waals surface area contributed by atoms with Gasteiger partial charge in [-0.25, -0.2) is 0 Å². The van der Waals surface area contributed by atoms with Crippen LogP contribution in [0.3, 0.4) is 0 Å². The van der Waals surface area contributed by atoms with Gasteiger partial charge in [-0.2, -0.15) is 0 Å². The third kappa shape index (κ3) is 3.05. The Morgan fingerprint density at radius 2 is 2.42 bits per heavy atom. The van der Waals surface area contributed by atoms with Crippen LogP contribution in [0.2, 0.25) is 0 Å². The molecule has 1 fully saturated rings. The van der Waals surface area contributed by atoms with Gasteiger partial charge in [-0.05, 0) is 38.6 Å². The van der Waals surface area contributed by atoms with Crippen molar-refractivity contribution in [3.05, 3.63) is 30.2 Å². The van der Waals surface area contributed by atoms with E-state index < -0.39 is 0 Å². The molecule has 1 atom stereocenters. The highest BCUT2D eigenvalue weighted by molar-refractivity contribution is 5.49. The first kappa shape index (κ1) is 12.4. The molecular weight excluding hydrogens is 242 g/mol. The molecule has 1 unspecified atom stereocenters. The summed E-state index contributed by atoms with van der Waals surface area (Å²) < 4.78 is 10.6. The highest BCUT2D eigenvalue weighted by Crippen LogP contribution is 2.21. The van der Waals surface area contributed by atoms with Gasteiger partial charge >= 0.3 is 0 Å². The number of likely N-dealkylation sites (N-methyl/N-ethyl adjacent to an activating group) is 1. The molecule has 0 spiro atoms. The summed E-state index contributed by atoms with van der Waals surface area (Å²) >= 11 is 0. The van der Waals surface area contributed by atoms with Gasteiger partial charge in [-0.1, -0.05) is 5.16 Å². The number of hydrogen-bond acceptors (Lipinski definition) is 5. The average molecular weight is 261 g/mol. The summed E-state index contributed by atoms with van der Waals surface area (Å²) in [5.41, 5.74) is 0.937. The summed E-state index contributed by atoms with van der Waals surface area (Å²) in [6, 6.07) is 6.27. The molecule has 19 heavy (non-hydrogen) atoms. The lowest BCUT2D eigenvalue weighted by atomic mass is 10.2. The number of hydrogen-bond donors (Lipinski definition) is 1. The second-order valence-corrected chi connectivity index (χ2v) is 5.15. The Morgan fingerprint density at radius 3 is 3.16 bits per heavy atom. The van der Waals surface area contributed by atoms with Crippen LogP contribution in [0.1, 0.15) is 18.5 Å². The van der Waals surface area contributed by atoms with Gasteiger partial charge in [-0.3, -0.25) is 4.90 Å². The van der Waals surface area contributed by atoms with E-state index in [4.69, 9.17) is 8.94 Å². The first-order chi connectivity index (χ1) is 9.31. The van der Waals surface area contributed by atoms with Crippen LogP contribution in [0.15, 0.2) is 33.4 Å². The largest absolute Gasteiger partial charge is 0.461 e. The molecule has 2 aromatic rings. The third-order valence-corrected chi connectivity index (χ3v) is 3.45. The van der Waals surface area contributed by atoms with Gasteiger partial charge in [0.15, 0.2) is 5.76 Å². The molecule has 102 valence electrons. The van der Waals surface area contributed by atoms with Crippen LogP contribution in [-0.4, -0.2) is 36.2 Å². The van der Waals surface area contributed by atoms with E-state index in [1.807, 2.05) is 18.2 Å². The SMILES string of the molecule is CN(Cc1cc(-c2ccco2)on1)CC1CCCN1. The number of nitrogens with zero attached hydrogens (tertiary/aromatic N) is 2. The van der Waals surface area contributed by atoms with Crippen LogP contribution >= 0.6 is 0 Å². The van der Waals surface area contributed by atoms with Crippen LogP contribution in [0.25, 0.3) is 11.5 Å². The van der Waals surface area contributed by atoms with Crippen LogP contribution in [-0.2, 0) is 6.54 Å². The van der Waals surface area contributed by atoms with E-state index in [1.165, 1.54) is 12.8 Å². The van der Waals surface area contributed by atoms with E-state index in [0.29, 0.717) is 11.8 Å². The lowest BCUT2D eigenvalue weighted by Gasteiger charge is -2.19. The van der Waals surface area contributed by atoms with Crippen LogP contribution in [0, 0.1) is 0 Å². The van der Waals surface area contributed by atoms with E-state index in [-0.39, 0.29) is 0 Å². The molecule has 0 bridgehead atoms. The maximum absolute atomic E-state index is 5.29. The van der Waals surface area contributed by atoms with Crippen molar-refractivity contribution >= 4 is 0 Å². The molecule has 0 aliphatic carbocycles. The molecular formula is C14H19N3O2. The van der Waals surface area contributed by atoms with Crippen molar-refractivity contribution < 1.29 is 8.94 Å². The molecule has 0 radical (unpaired) electrons. The van der Waals surface area contributed by atoms with Crippen LogP contribution < -0.4 is 5.32 Å². The molecule has 0 aromatic carbocycles. The maximum Gasteiger partial charge on any atom is 0.202 e. The Morgan fingerprint density at radius 1 is 1.47 bits per heavy atom. The number of aromatic nitrogens is 1. The lowest BCUT2D eigenvalue weighted by molar-refractivity contribution is 0.283. The van der Waals surface area contributed by atoms with Crippen molar-refractivity contribution in [3.63, 3.8) is 0 Å². The zero-order chi connectivity index (χ0) is 13.1. The van der Waals surface area contributed by atoms with Crippen LogP contribution in [0.4, 0.5) is 0 Å². The Bertz CT molecular complexity index is 501. The van der Waals surface area contributed by atoms with Crippen molar-refractivity contribution in [1.29, 1.82) is 0 Å². The molecule has 1 N–H and O–H groups in total. The summed E-state index contributed by atoms with van der Waals surface area (Å²) in [6.45, 7) is 2.98.